The maximum absolute atomic E-state index is 6.74. The van der Waals surface area contributed by atoms with Crippen molar-refractivity contribution in [3.05, 3.63) is 140 Å². The van der Waals surface area contributed by atoms with Crippen molar-refractivity contribution in [2.45, 2.75) is 0 Å². The molecule has 39 heavy (non-hydrogen) atoms. The van der Waals surface area contributed by atoms with Crippen LogP contribution in [0.1, 0.15) is 0 Å². The molecule has 6 nitrogen and oxygen atoms in total. The largest absolute Gasteiger partial charge is 0.673 e. The second-order valence-electron chi connectivity index (χ2n) is 9.12. The van der Waals surface area contributed by atoms with E-state index in [1.165, 1.54) is 0 Å². The number of para-hydroxylation sites is 4. The molecule has 2 heterocycles. The third-order valence-electron chi connectivity index (χ3n) is 6.58. The monoisotopic (exact) mass is 506 g/mol. The summed E-state index contributed by atoms with van der Waals surface area (Å²) in [6.07, 6.45) is 0. The van der Waals surface area contributed by atoms with E-state index in [9.17, 15) is 0 Å². The van der Waals surface area contributed by atoms with Crippen molar-refractivity contribution in [3.63, 3.8) is 0 Å². The fraction of sp³-hybridized carbons (Fsp3) is 0. The maximum Gasteiger partial charge on any atom is 0.673 e. The number of nitrogens with zero attached hydrogens (tertiary/aromatic N) is 4. The van der Waals surface area contributed by atoms with Gasteiger partial charge in [-0.25, -0.2) is 9.97 Å². The number of benzene rings is 5. The average molecular weight is 506 g/mol. The average Bonchev–Trinajstić information content (AvgIpc) is 3.57. The molecule has 5 aromatic carbocycles. The molecular weight excluding hydrogens is 483 g/mol. The third-order valence-corrected chi connectivity index (χ3v) is 6.58. The molecule has 2 aromatic heterocycles. The summed E-state index contributed by atoms with van der Waals surface area (Å²) in [6.45, 7) is 0. The molecule has 7 rings (SSSR count). The minimum absolute atomic E-state index is 0.695. The summed E-state index contributed by atoms with van der Waals surface area (Å²) in [5.74, 6) is 1.39. The van der Waals surface area contributed by atoms with E-state index in [-0.39, 0.29) is 0 Å². The number of hydrogen-bond donors (Lipinski definition) is 0. The first-order chi connectivity index (χ1) is 19.3. The molecule has 0 unspecified atom stereocenters. The van der Waals surface area contributed by atoms with E-state index in [1.54, 1.807) is 9.46 Å². The number of rotatable bonds is 7. The van der Waals surface area contributed by atoms with Gasteiger partial charge in [-0.1, -0.05) is 115 Å². The van der Waals surface area contributed by atoms with Gasteiger partial charge >= 0.3 is 7.12 Å². The molecule has 0 saturated heterocycles. The minimum atomic E-state index is -0.814. The Morgan fingerprint density at radius 3 is 1.28 bits per heavy atom. The second kappa shape index (κ2) is 9.87. The van der Waals surface area contributed by atoms with Gasteiger partial charge in [-0.05, 0) is 24.3 Å². The van der Waals surface area contributed by atoms with E-state index in [2.05, 4.69) is 0 Å². The van der Waals surface area contributed by atoms with Gasteiger partial charge in [-0.3, -0.25) is 0 Å². The number of fused-ring (bicyclic) bond motifs is 2. The van der Waals surface area contributed by atoms with Crippen LogP contribution in [0.5, 0.6) is 0 Å². The maximum atomic E-state index is 6.74. The highest BCUT2D eigenvalue weighted by molar-refractivity contribution is 6.61. The van der Waals surface area contributed by atoms with Gasteiger partial charge in [0.1, 0.15) is 11.0 Å². The van der Waals surface area contributed by atoms with Crippen LogP contribution >= 0.6 is 0 Å². The summed E-state index contributed by atoms with van der Waals surface area (Å²) in [5.41, 5.74) is 6.10. The van der Waals surface area contributed by atoms with E-state index in [0.717, 1.165) is 38.7 Å². The molecule has 0 radical (unpaired) electrons. The Morgan fingerprint density at radius 1 is 0.436 bits per heavy atom. The molecule has 0 aliphatic heterocycles. The van der Waals surface area contributed by atoms with Crippen molar-refractivity contribution in [1.82, 2.24) is 19.4 Å². The lowest BCUT2D eigenvalue weighted by Gasteiger charge is -2.20. The molecule has 0 spiro atoms. The van der Waals surface area contributed by atoms with Gasteiger partial charge in [-0.2, -0.15) is 9.46 Å². The van der Waals surface area contributed by atoms with Crippen molar-refractivity contribution < 1.29 is 9.51 Å². The molecule has 0 aliphatic rings. The summed E-state index contributed by atoms with van der Waals surface area (Å²) in [4.78, 5) is 9.81. The molecule has 0 aliphatic carbocycles. The van der Waals surface area contributed by atoms with Crippen molar-refractivity contribution in [3.8, 4) is 22.8 Å². The van der Waals surface area contributed by atoms with Crippen molar-refractivity contribution in [1.29, 1.82) is 0 Å². The highest BCUT2D eigenvalue weighted by Gasteiger charge is 2.32. The van der Waals surface area contributed by atoms with Gasteiger partial charge < -0.3 is 9.51 Å². The van der Waals surface area contributed by atoms with Crippen LogP contribution in [0.15, 0.2) is 140 Å². The van der Waals surface area contributed by atoms with Crippen LogP contribution in [-0.2, 0) is 0 Å². The molecule has 0 N–H and O–H groups in total. The minimum Gasteiger partial charge on any atom is -0.428 e. The fourth-order valence-electron chi connectivity index (χ4n) is 4.70. The van der Waals surface area contributed by atoms with E-state index in [1.807, 2.05) is 140 Å². The van der Waals surface area contributed by atoms with Crippen molar-refractivity contribution in [2.75, 3.05) is 0 Å². The number of aromatic nitrogens is 4. The number of imidazole rings is 2. The first kappa shape index (κ1) is 22.9. The lowest BCUT2D eigenvalue weighted by Crippen LogP contribution is -2.49. The zero-order chi connectivity index (χ0) is 26.0. The van der Waals surface area contributed by atoms with Crippen LogP contribution in [0.3, 0.4) is 0 Å². The van der Waals surface area contributed by atoms with Crippen LogP contribution in [0.2, 0.25) is 0 Å². The van der Waals surface area contributed by atoms with Gasteiger partial charge in [0, 0.05) is 16.6 Å². The molecular formula is C32H23BN4O2. The van der Waals surface area contributed by atoms with Gasteiger partial charge in [0.2, 0.25) is 0 Å². The van der Waals surface area contributed by atoms with Gasteiger partial charge in [0.05, 0.1) is 11.0 Å². The Bertz CT molecular complexity index is 1750. The number of hydrogen-bond acceptors (Lipinski definition) is 4. The summed E-state index contributed by atoms with van der Waals surface area (Å²) >= 11 is 0. The smallest absolute Gasteiger partial charge is 0.428 e. The Kier molecular flexibility index (Phi) is 5.79. The standard InChI is InChI=1S/C32H23BN4O2/c1-4-14-24(15-5-1)31-34-27-20-10-12-22-29(27)36(31)38-33(26-18-8-3-9-19-26)39-37-30-23-13-11-21-28(30)35-32(37)25-16-6-2-7-17-25/h1-23H. The molecule has 0 fully saturated rings. The fourth-order valence-corrected chi connectivity index (χ4v) is 4.70. The summed E-state index contributed by atoms with van der Waals surface area (Å²) in [6, 6.07) is 45.8. The van der Waals surface area contributed by atoms with Crippen LogP contribution < -0.4 is 15.0 Å². The molecule has 0 saturated carbocycles. The zero-order valence-electron chi connectivity index (χ0n) is 21.0. The predicted octanol–water partition coefficient (Wildman–Crippen LogP) is 5.67. The zero-order valence-corrected chi connectivity index (χ0v) is 21.0. The van der Waals surface area contributed by atoms with Crippen LogP contribution in [-0.4, -0.2) is 26.5 Å². The van der Waals surface area contributed by atoms with Crippen LogP contribution in [0.25, 0.3) is 44.8 Å². The van der Waals surface area contributed by atoms with E-state index in [0.29, 0.717) is 11.6 Å². The predicted molar refractivity (Wildman–Crippen MR) is 155 cm³/mol. The molecule has 0 amide bonds. The summed E-state index contributed by atoms with van der Waals surface area (Å²) in [7, 11) is -0.814. The molecule has 7 heteroatoms. The normalized spacial score (nSPS) is 11.1. The molecule has 0 bridgehead atoms. The highest BCUT2D eigenvalue weighted by Crippen LogP contribution is 2.26. The van der Waals surface area contributed by atoms with Gasteiger partial charge in [-0.15, -0.1) is 0 Å². The van der Waals surface area contributed by atoms with Crippen molar-refractivity contribution >= 4 is 34.6 Å². The molecule has 0 atom stereocenters. The summed E-state index contributed by atoms with van der Waals surface area (Å²) in [5, 5.41) is 0. The third kappa shape index (κ3) is 4.30. The van der Waals surface area contributed by atoms with Crippen LogP contribution in [0, 0.1) is 0 Å². The highest BCUT2D eigenvalue weighted by atomic mass is 16.8. The topological polar surface area (TPSA) is 54.1 Å². The first-order valence-corrected chi connectivity index (χ1v) is 12.8. The Morgan fingerprint density at radius 2 is 0.821 bits per heavy atom. The molecule has 186 valence electrons. The van der Waals surface area contributed by atoms with Gasteiger partial charge in [0.25, 0.3) is 0 Å². The molecule has 7 aromatic rings. The van der Waals surface area contributed by atoms with Crippen LogP contribution in [0.4, 0.5) is 0 Å². The second-order valence-corrected chi connectivity index (χ2v) is 9.12. The van der Waals surface area contributed by atoms with Crippen molar-refractivity contribution in [2.24, 2.45) is 0 Å². The Labute approximate surface area is 225 Å². The Balaban J connectivity index is 1.39. The SMILES string of the molecule is c1ccc(B(On2c(-c3ccccc3)nc3ccccc32)On2c(-c3ccccc3)nc3ccccc32)cc1. The quantitative estimate of drug-likeness (QED) is 0.262. The lowest BCUT2D eigenvalue weighted by molar-refractivity contribution is 0.189. The lowest BCUT2D eigenvalue weighted by atomic mass is 9.80. The first-order valence-electron chi connectivity index (χ1n) is 12.8. The van der Waals surface area contributed by atoms with Gasteiger partial charge in [0.15, 0.2) is 11.6 Å². The Hall–Kier alpha value is -5.30. The van der Waals surface area contributed by atoms with E-state index in [4.69, 9.17) is 19.5 Å². The summed E-state index contributed by atoms with van der Waals surface area (Å²) < 4.78 is 17.0. The van der Waals surface area contributed by atoms with E-state index < -0.39 is 7.12 Å². The van der Waals surface area contributed by atoms with E-state index >= 15 is 0 Å².